The first-order chi connectivity index (χ1) is 10.1. The lowest BCUT2D eigenvalue weighted by Crippen LogP contribution is -2.27. The van der Waals surface area contributed by atoms with Gasteiger partial charge in [0.2, 0.25) is 0 Å². The van der Waals surface area contributed by atoms with Gasteiger partial charge in [-0.15, -0.1) is 0 Å². The minimum atomic E-state index is -0.772. The molecule has 0 bridgehead atoms. The molecule has 0 saturated heterocycles. The van der Waals surface area contributed by atoms with Gasteiger partial charge in [-0.3, -0.25) is 5.32 Å². The van der Waals surface area contributed by atoms with Gasteiger partial charge in [-0.25, -0.2) is 4.79 Å². The van der Waals surface area contributed by atoms with Crippen LogP contribution in [0.4, 0.5) is 4.79 Å². The maximum atomic E-state index is 11.6. The van der Waals surface area contributed by atoms with E-state index in [4.69, 9.17) is 10.1 Å². The number of amides is 1. The molecule has 5 nitrogen and oxygen atoms in total. The van der Waals surface area contributed by atoms with Gasteiger partial charge in [0.1, 0.15) is 5.75 Å². The number of benzene rings is 1. The largest absolute Gasteiger partial charge is 0.494 e. The van der Waals surface area contributed by atoms with Crippen molar-refractivity contribution in [1.82, 2.24) is 5.32 Å². The normalized spacial score (nSPS) is 16.3. The van der Waals surface area contributed by atoms with E-state index in [1.807, 2.05) is 6.07 Å². The molecule has 21 heavy (non-hydrogen) atoms. The Bertz CT molecular complexity index is 520. The second kappa shape index (κ2) is 7.47. The second-order valence-corrected chi connectivity index (χ2v) is 5.15. The highest BCUT2D eigenvalue weighted by Crippen LogP contribution is 2.24. The van der Waals surface area contributed by atoms with Gasteiger partial charge in [-0.1, -0.05) is 37.5 Å². The smallest absolute Gasteiger partial charge is 0.419 e. The summed E-state index contributed by atoms with van der Waals surface area (Å²) in [6, 6.07) is 8.59. The van der Waals surface area contributed by atoms with E-state index in [-0.39, 0.29) is 11.8 Å². The van der Waals surface area contributed by atoms with Crippen LogP contribution in [0.2, 0.25) is 0 Å². The van der Waals surface area contributed by atoms with Crippen molar-refractivity contribution in [3.8, 4) is 5.75 Å². The number of hydrogen-bond acceptors (Lipinski definition) is 4. The van der Waals surface area contributed by atoms with Gasteiger partial charge >= 0.3 is 6.09 Å². The quantitative estimate of drug-likeness (QED) is 0.582. The van der Waals surface area contributed by atoms with Crippen LogP contribution >= 0.6 is 0 Å². The molecule has 0 aliphatic heterocycles. The molecule has 1 aromatic carbocycles. The summed E-state index contributed by atoms with van der Waals surface area (Å²) in [5, 5.41) is 19.9. The zero-order chi connectivity index (χ0) is 15.1. The first-order valence-electron chi connectivity index (χ1n) is 7.18. The van der Waals surface area contributed by atoms with Crippen LogP contribution in [0.5, 0.6) is 5.75 Å². The molecule has 0 atom stereocenters. The molecule has 1 saturated carbocycles. The number of para-hydroxylation sites is 1. The van der Waals surface area contributed by atoms with Crippen molar-refractivity contribution < 1.29 is 14.6 Å². The fraction of sp³-hybridized carbons (Fsp3) is 0.375. The number of aliphatic hydroxyl groups is 1. The van der Waals surface area contributed by atoms with Crippen LogP contribution < -0.4 is 10.1 Å². The van der Waals surface area contributed by atoms with Crippen molar-refractivity contribution in [2.75, 3.05) is 0 Å². The lowest BCUT2D eigenvalue weighted by molar-refractivity contribution is 0.196. The lowest BCUT2D eigenvalue weighted by atomic mass is 9.86. The summed E-state index contributed by atoms with van der Waals surface area (Å²) in [4.78, 5) is 11.6. The summed E-state index contributed by atoms with van der Waals surface area (Å²) < 4.78 is 4.99. The monoisotopic (exact) mass is 288 g/mol. The number of allylic oxidation sites excluding steroid dienone is 1. The van der Waals surface area contributed by atoms with Crippen LogP contribution in [0.25, 0.3) is 0 Å². The molecule has 1 amide bonds. The number of nitrogens with one attached hydrogen (secondary N) is 2. The van der Waals surface area contributed by atoms with E-state index >= 15 is 0 Å². The molecule has 5 heteroatoms. The van der Waals surface area contributed by atoms with E-state index in [0.29, 0.717) is 11.5 Å². The SMILES string of the molecule is N=C(/C=C(\O)NC(=O)Oc1ccccc1)C1CCCCC1. The third-order valence-electron chi connectivity index (χ3n) is 3.52. The summed E-state index contributed by atoms with van der Waals surface area (Å²) in [6.45, 7) is 0. The average Bonchev–Trinajstić information content (AvgIpc) is 2.48. The van der Waals surface area contributed by atoms with E-state index < -0.39 is 6.09 Å². The van der Waals surface area contributed by atoms with Crippen LogP contribution in [0.1, 0.15) is 32.1 Å². The third-order valence-corrected chi connectivity index (χ3v) is 3.52. The van der Waals surface area contributed by atoms with Crippen LogP contribution in [0.15, 0.2) is 42.3 Å². The number of carbonyl (C=O) groups is 1. The molecule has 1 aliphatic rings. The fourth-order valence-corrected chi connectivity index (χ4v) is 2.44. The summed E-state index contributed by atoms with van der Waals surface area (Å²) in [5.74, 6) is 0.213. The van der Waals surface area contributed by atoms with Crippen molar-refractivity contribution in [1.29, 1.82) is 5.41 Å². The number of ether oxygens (including phenoxy) is 1. The van der Waals surface area contributed by atoms with E-state index in [1.165, 1.54) is 12.5 Å². The molecule has 0 spiro atoms. The molecule has 1 fully saturated rings. The first-order valence-corrected chi connectivity index (χ1v) is 7.18. The highest BCUT2D eigenvalue weighted by Gasteiger charge is 2.17. The van der Waals surface area contributed by atoms with Crippen LogP contribution in [0, 0.1) is 11.3 Å². The molecule has 0 heterocycles. The summed E-state index contributed by atoms with van der Waals surface area (Å²) in [6.07, 6.45) is 5.90. The zero-order valence-corrected chi connectivity index (χ0v) is 11.8. The van der Waals surface area contributed by atoms with Gasteiger partial charge in [-0.05, 0) is 25.0 Å². The Morgan fingerprint density at radius 3 is 2.57 bits per heavy atom. The van der Waals surface area contributed by atoms with Gasteiger partial charge in [0.25, 0.3) is 0 Å². The Balaban J connectivity index is 1.84. The lowest BCUT2D eigenvalue weighted by Gasteiger charge is -2.20. The molecule has 3 N–H and O–H groups in total. The maximum absolute atomic E-state index is 11.6. The fourth-order valence-electron chi connectivity index (χ4n) is 2.44. The first kappa shape index (κ1) is 15.1. The number of rotatable bonds is 4. The molecule has 112 valence electrons. The van der Waals surface area contributed by atoms with Crippen molar-refractivity contribution in [2.24, 2.45) is 5.92 Å². The Labute approximate surface area is 124 Å². The Kier molecular flexibility index (Phi) is 5.37. The molecular formula is C16H20N2O3. The highest BCUT2D eigenvalue weighted by atomic mass is 16.6. The number of aliphatic hydroxyl groups excluding tert-OH is 1. The van der Waals surface area contributed by atoms with E-state index in [9.17, 15) is 9.90 Å². The Morgan fingerprint density at radius 2 is 1.90 bits per heavy atom. The van der Waals surface area contributed by atoms with Crippen molar-refractivity contribution >= 4 is 11.8 Å². The summed E-state index contributed by atoms with van der Waals surface area (Å²) in [7, 11) is 0. The summed E-state index contributed by atoms with van der Waals surface area (Å²) in [5.41, 5.74) is 0.354. The van der Waals surface area contributed by atoms with E-state index in [2.05, 4.69) is 5.32 Å². The topological polar surface area (TPSA) is 82.4 Å². The van der Waals surface area contributed by atoms with Crippen molar-refractivity contribution in [3.05, 3.63) is 42.3 Å². The average molecular weight is 288 g/mol. The number of hydrogen-bond donors (Lipinski definition) is 3. The van der Waals surface area contributed by atoms with Crippen LogP contribution in [-0.4, -0.2) is 16.9 Å². The maximum Gasteiger partial charge on any atom is 0.419 e. The number of carbonyl (C=O) groups excluding carboxylic acids is 1. The van der Waals surface area contributed by atoms with Crippen molar-refractivity contribution in [2.45, 2.75) is 32.1 Å². The van der Waals surface area contributed by atoms with Gasteiger partial charge in [0.15, 0.2) is 5.88 Å². The van der Waals surface area contributed by atoms with Crippen molar-refractivity contribution in [3.63, 3.8) is 0 Å². The van der Waals surface area contributed by atoms with E-state index in [1.54, 1.807) is 24.3 Å². The standard InChI is InChI=1S/C16H20N2O3/c17-14(12-7-3-1-4-8-12)11-15(19)18-16(20)21-13-9-5-2-6-10-13/h2,5-6,9-12,17,19H,1,3-4,7-8H2,(H,18,20)/b15-11-,17-14?. The van der Waals surface area contributed by atoms with Gasteiger partial charge in [0, 0.05) is 17.7 Å². The molecular weight excluding hydrogens is 268 g/mol. The molecule has 0 radical (unpaired) electrons. The van der Waals surface area contributed by atoms with Gasteiger partial charge < -0.3 is 15.3 Å². The van der Waals surface area contributed by atoms with Crippen LogP contribution in [-0.2, 0) is 0 Å². The molecule has 0 unspecified atom stereocenters. The molecule has 1 aliphatic carbocycles. The predicted octanol–water partition coefficient (Wildman–Crippen LogP) is 3.77. The second-order valence-electron chi connectivity index (χ2n) is 5.15. The van der Waals surface area contributed by atoms with Gasteiger partial charge in [0.05, 0.1) is 0 Å². The zero-order valence-electron chi connectivity index (χ0n) is 11.8. The van der Waals surface area contributed by atoms with E-state index in [0.717, 1.165) is 25.7 Å². The summed E-state index contributed by atoms with van der Waals surface area (Å²) >= 11 is 0. The van der Waals surface area contributed by atoms with Crippen LogP contribution in [0.3, 0.4) is 0 Å². The molecule has 2 rings (SSSR count). The Morgan fingerprint density at radius 1 is 1.24 bits per heavy atom. The highest BCUT2D eigenvalue weighted by molar-refractivity contribution is 5.95. The third kappa shape index (κ3) is 4.95. The molecule has 1 aromatic rings. The molecule has 0 aromatic heterocycles. The Hall–Kier alpha value is -2.30. The minimum Gasteiger partial charge on any atom is -0.494 e. The van der Waals surface area contributed by atoms with Gasteiger partial charge in [-0.2, -0.15) is 0 Å². The predicted molar refractivity (Wildman–Crippen MR) is 80.6 cm³/mol. The minimum absolute atomic E-state index is 0.174.